The van der Waals surface area contributed by atoms with Gasteiger partial charge in [-0.25, -0.2) is 4.68 Å². The second kappa shape index (κ2) is 11.3. The number of carbonyl (C=O) groups is 1. The molecule has 0 unspecified atom stereocenters. The smallest absolute Gasteiger partial charge is 0.303 e. The molecule has 0 amide bonds. The van der Waals surface area contributed by atoms with Crippen molar-refractivity contribution >= 4 is 5.97 Å². The van der Waals surface area contributed by atoms with Crippen molar-refractivity contribution in [2.45, 2.75) is 62.7 Å². The Bertz CT molecular complexity index is 857. The van der Waals surface area contributed by atoms with Gasteiger partial charge in [-0.3, -0.25) is 4.79 Å². The largest absolute Gasteiger partial charge is 0.494 e. The second-order valence-electron chi connectivity index (χ2n) is 7.73. The van der Waals surface area contributed by atoms with Gasteiger partial charge in [0.05, 0.1) is 19.4 Å². The molecule has 2 aromatic rings. The summed E-state index contributed by atoms with van der Waals surface area (Å²) in [6, 6.07) is 7.22. The monoisotopic (exact) mass is 451 g/mol. The van der Waals surface area contributed by atoms with Crippen LogP contribution in [-0.2, 0) is 9.53 Å². The number of nitrogens with zero attached hydrogens (tertiary/aromatic N) is 3. The van der Waals surface area contributed by atoms with E-state index in [2.05, 4.69) is 10.3 Å². The number of aliphatic hydroxyl groups excluding tert-OH is 4. The first-order chi connectivity index (χ1) is 15.4. The summed E-state index contributed by atoms with van der Waals surface area (Å²) in [5, 5.41) is 56.0. The standard InChI is InChI=1S/C21H29N3O8/c25-12-16-18(28)19(29)20(30)21(32-16)24-11-15(22-23-24)13-6-8-14(9-7-13)31-10-4-2-1-3-5-17(26)27/h6-9,11,16,18-21,25,28-30H,1-5,10,12H2,(H,26,27)/t16-,18-,19+,20+,21+/m1/s1. The van der Waals surface area contributed by atoms with E-state index in [0.29, 0.717) is 24.5 Å². The fourth-order valence-electron chi connectivity index (χ4n) is 3.48. The van der Waals surface area contributed by atoms with Crippen molar-refractivity contribution in [2.24, 2.45) is 0 Å². The number of ether oxygens (including phenoxy) is 2. The van der Waals surface area contributed by atoms with Gasteiger partial charge in [-0.15, -0.1) is 5.10 Å². The Morgan fingerprint density at radius 1 is 1.03 bits per heavy atom. The number of benzene rings is 1. The van der Waals surface area contributed by atoms with E-state index in [4.69, 9.17) is 14.6 Å². The minimum Gasteiger partial charge on any atom is -0.494 e. The topological polar surface area (TPSA) is 167 Å². The number of carboxylic acids is 1. The Morgan fingerprint density at radius 3 is 2.44 bits per heavy atom. The minimum atomic E-state index is -1.49. The highest BCUT2D eigenvalue weighted by atomic mass is 16.6. The Kier molecular flexibility index (Phi) is 8.53. The summed E-state index contributed by atoms with van der Waals surface area (Å²) >= 11 is 0. The summed E-state index contributed by atoms with van der Waals surface area (Å²) in [6.45, 7) is 0.0203. The van der Waals surface area contributed by atoms with E-state index in [0.717, 1.165) is 24.8 Å². The Balaban J connectivity index is 1.52. The van der Waals surface area contributed by atoms with Crippen LogP contribution in [0.25, 0.3) is 11.3 Å². The van der Waals surface area contributed by atoms with Crippen molar-refractivity contribution in [3.63, 3.8) is 0 Å². The molecule has 0 saturated carbocycles. The van der Waals surface area contributed by atoms with E-state index in [1.165, 1.54) is 4.68 Å². The molecule has 0 radical (unpaired) electrons. The van der Waals surface area contributed by atoms with E-state index in [9.17, 15) is 25.2 Å². The van der Waals surface area contributed by atoms with Crippen LogP contribution in [0.15, 0.2) is 30.5 Å². The van der Waals surface area contributed by atoms with Gasteiger partial charge in [-0.1, -0.05) is 18.1 Å². The van der Waals surface area contributed by atoms with Crippen LogP contribution in [0, 0.1) is 0 Å². The maximum absolute atomic E-state index is 10.5. The van der Waals surface area contributed by atoms with E-state index < -0.39 is 43.2 Å². The summed E-state index contributed by atoms with van der Waals surface area (Å²) in [5.41, 5.74) is 1.26. The molecule has 1 aromatic carbocycles. The molecule has 5 N–H and O–H groups in total. The van der Waals surface area contributed by atoms with Crippen LogP contribution in [-0.4, -0.2) is 84.1 Å². The van der Waals surface area contributed by atoms with Gasteiger partial charge >= 0.3 is 5.97 Å². The molecular weight excluding hydrogens is 422 g/mol. The average molecular weight is 451 g/mol. The number of hydrogen-bond acceptors (Lipinski definition) is 9. The van der Waals surface area contributed by atoms with Crippen LogP contribution in [0.5, 0.6) is 5.75 Å². The summed E-state index contributed by atoms with van der Waals surface area (Å²) in [4.78, 5) is 10.5. The lowest BCUT2D eigenvalue weighted by molar-refractivity contribution is -0.254. The summed E-state index contributed by atoms with van der Waals surface area (Å²) in [7, 11) is 0. The van der Waals surface area contributed by atoms with Gasteiger partial charge in [0, 0.05) is 12.0 Å². The summed E-state index contributed by atoms with van der Waals surface area (Å²) in [5.74, 6) is -0.0739. The molecule has 1 aromatic heterocycles. The molecule has 32 heavy (non-hydrogen) atoms. The molecule has 11 nitrogen and oxygen atoms in total. The first-order valence-electron chi connectivity index (χ1n) is 10.6. The average Bonchev–Trinajstić information content (AvgIpc) is 3.27. The molecule has 1 aliphatic rings. The van der Waals surface area contributed by atoms with Crippen molar-refractivity contribution < 1.29 is 39.8 Å². The van der Waals surface area contributed by atoms with Gasteiger partial charge in [0.25, 0.3) is 0 Å². The van der Waals surface area contributed by atoms with Crippen LogP contribution in [0.2, 0.25) is 0 Å². The highest BCUT2D eigenvalue weighted by Gasteiger charge is 2.44. The molecule has 0 bridgehead atoms. The van der Waals surface area contributed by atoms with Crippen LogP contribution >= 0.6 is 0 Å². The van der Waals surface area contributed by atoms with Crippen LogP contribution in [0.1, 0.15) is 38.3 Å². The van der Waals surface area contributed by atoms with Gasteiger partial charge in [-0.2, -0.15) is 0 Å². The molecule has 1 saturated heterocycles. The number of aliphatic carboxylic acids is 1. The first kappa shape index (κ1) is 24.1. The lowest BCUT2D eigenvalue weighted by Gasteiger charge is -2.39. The summed E-state index contributed by atoms with van der Waals surface area (Å²) < 4.78 is 12.4. The third-order valence-electron chi connectivity index (χ3n) is 5.34. The number of aromatic nitrogens is 3. The highest BCUT2D eigenvalue weighted by molar-refractivity contribution is 5.66. The van der Waals surface area contributed by atoms with Crippen molar-refractivity contribution in [1.82, 2.24) is 15.0 Å². The zero-order valence-corrected chi connectivity index (χ0v) is 17.5. The molecule has 2 heterocycles. The zero-order chi connectivity index (χ0) is 23.1. The van der Waals surface area contributed by atoms with Crippen LogP contribution < -0.4 is 4.74 Å². The first-order valence-corrected chi connectivity index (χ1v) is 10.6. The Hall–Kier alpha value is -2.57. The fourth-order valence-corrected chi connectivity index (χ4v) is 3.48. The lowest BCUT2D eigenvalue weighted by atomic mass is 9.98. The van der Waals surface area contributed by atoms with Gasteiger partial charge < -0.3 is 35.0 Å². The molecule has 0 spiro atoms. The van der Waals surface area contributed by atoms with Crippen LogP contribution in [0.4, 0.5) is 0 Å². The van der Waals surface area contributed by atoms with Gasteiger partial charge in [-0.05, 0) is 37.1 Å². The Morgan fingerprint density at radius 2 is 1.75 bits per heavy atom. The molecule has 3 rings (SSSR count). The maximum Gasteiger partial charge on any atom is 0.303 e. The number of aliphatic hydroxyl groups is 4. The van der Waals surface area contributed by atoms with Crippen molar-refractivity contribution in [3.05, 3.63) is 30.5 Å². The maximum atomic E-state index is 10.5. The third-order valence-corrected chi connectivity index (χ3v) is 5.34. The third kappa shape index (κ3) is 6.02. The molecule has 176 valence electrons. The fraction of sp³-hybridized carbons (Fsp3) is 0.571. The lowest BCUT2D eigenvalue weighted by Crippen LogP contribution is -2.56. The van der Waals surface area contributed by atoms with Gasteiger partial charge in [0.15, 0.2) is 6.23 Å². The predicted octanol–water partition coefficient (Wildman–Crippen LogP) is 0.331. The molecule has 1 aliphatic heterocycles. The number of rotatable bonds is 11. The predicted molar refractivity (Wildman–Crippen MR) is 111 cm³/mol. The number of hydrogen-bond donors (Lipinski definition) is 5. The quantitative estimate of drug-likeness (QED) is 0.300. The summed E-state index contributed by atoms with van der Waals surface area (Å²) in [6.07, 6.45) is -1.48. The Labute approximate surface area is 184 Å². The van der Waals surface area contributed by atoms with E-state index >= 15 is 0 Å². The number of unbranched alkanes of at least 4 members (excludes halogenated alkanes) is 3. The van der Waals surface area contributed by atoms with Crippen LogP contribution in [0.3, 0.4) is 0 Å². The molecule has 1 fully saturated rings. The van der Waals surface area contributed by atoms with E-state index in [1.807, 2.05) is 12.1 Å². The van der Waals surface area contributed by atoms with Crippen molar-refractivity contribution in [2.75, 3.05) is 13.2 Å². The molecule has 5 atom stereocenters. The molecule has 0 aliphatic carbocycles. The van der Waals surface area contributed by atoms with Crippen molar-refractivity contribution in [1.29, 1.82) is 0 Å². The highest BCUT2D eigenvalue weighted by Crippen LogP contribution is 2.29. The number of carboxylic acid groups (broad SMARTS) is 1. The minimum absolute atomic E-state index is 0.198. The van der Waals surface area contributed by atoms with Crippen molar-refractivity contribution in [3.8, 4) is 17.0 Å². The zero-order valence-electron chi connectivity index (χ0n) is 17.5. The molecular formula is C21H29N3O8. The van der Waals surface area contributed by atoms with Gasteiger partial charge in [0.2, 0.25) is 0 Å². The van der Waals surface area contributed by atoms with Gasteiger partial charge in [0.1, 0.15) is 35.9 Å². The van der Waals surface area contributed by atoms with E-state index in [-0.39, 0.29) is 6.42 Å². The second-order valence-corrected chi connectivity index (χ2v) is 7.73. The SMILES string of the molecule is O=C(O)CCCCCCOc1ccc(-c2cn([C@H]3O[C@H](CO)[C@@H](O)[C@H](O)[C@@H]3O)nn2)cc1. The van der Waals surface area contributed by atoms with E-state index in [1.54, 1.807) is 18.3 Å². The normalized spacial score (nSPS) is 25.6. The molecule has 11 heteroatoms.